The highest BCUT2D eigenvalue weighted by molar-refractivity contribution is 6.24. The van der Waals surface area contributed by atoms with Gasteiger partial charge in [-0.3, -0.25) is 19.2 Å². The van der Waals surface area contributed by atoms with Crippen molar-refractivity contribution in [1.29, 1.82) is 0 Å². The Morgan fingerprint density at radius 2 is 1.89 bits per heavy atom. The number of fused-ring (bicyclic) bond motifs is 3. The molecule has 1 saturated heterocycles. The van der Waals surface area contributed by atoms with Crippen LogP contribution in [0.4, 0.5) is 4.79 Å². The third-order valence-electron chi connectivity index (χ3n) is 7.56. The Balaban J connectivity index is 1.70. The number of nitrogens with zero attached hydrogens (tertiary/aromatic N) is 1. The first kappa shape index (κ1) is 23.7. The fraction of sp³-hybridized carbons (Fsp3) is 0.370. The molecule has 4 unspecified atom stereocenters. The third kappa shape index (κ3) is 3.26. The average Bonchev–Trinajstić information content (AvgIpc) is 3.12. The number of hydrogen-bond donors (Lipinski definition) is 1. The zero-order valence-corrected chi connectivity index (χ0v) is 20.1. The van der Waals surface area contributed by atoms with E-state index in [-0.39, 0.29) is 52.6 Å². The third-order valence-corrected chi connectivity index (χ3v) is 7.56. The average molecular weight is 491 g/mol. The molecule has 9 nitrogen and oxygen atoms in total. The van der Waals surface area contributed by atoms with Crippen molar-refractivity contribution in [3.05, 3.63) is 58.2 Å². The highest BCUT2D eigenvalue weighted by atomic mass is 16.5. The number of aromatic hydroxyl groups is 1. The monoisotopic (exact) mass is 491 g/mol. The smallest absolute Gasteiger partial charge is 0.423 e. The normalized spacial score (nSPS) is 27.2. The number of para-hydroxylation sites is 1. The van der Waals surface area contributed by atoms with Crippen LogP contribution in [-0.2, 0) is 23.9 Å². The summed E-state index contributed by atoms with van der Waals surface area (Å²) in [5.74, 6) is -4.96. The zero-order chi connectivity index (χ0) is 25.9. The number of Topliss-reactive ketones (excluding diaryl/α,β-unsaturated/α-hetero) is 1. The van der Waals surface area contributed by atoms with Crippen molar-refractivity contribution in [2.75, 3.05) is 13.7 Å². The molecule has 9 heteroatoms. The molecule has 3 aliphatic carbocycles. The van der Waals surface area contributed by atoms with Crippen LogP contribution in [-0.4, -0.2) is 53.2 Å². The predicted molar refractivity (Wildman–Crippen MR) is 125 cm³/mol. The second-order valence-corrected chi connectivity index (χ2v) is 9.34. The Hall–Kier alpha value is -4.01. The fourth-order valence-electron chi connectivity index (χ4n) is 6.05. The lowest BCUT2D eigenvalue weighted by Gasteiger charge is -2.42. The van der Waals surface area contributed by atoms with Crippen LogP contribution in [0, 0.1) is 17.8 Å². The van der Waals surface area contributed by atoms with Crippen molar-refractivity contribution in [3.8, 4) is 11.5 Å². The molecule has 1 fully saturated rings. The predicted octanol–water partition coefficient (Wildman–Crippen LogP) is 2.99. The Morgan fingerprint density at radius 1 is 1.14 bits per heavy atom. The quantitative estimate of drug-likeness (QED) is 0.388. The SMILES string of the molecule is CCOc1cccc(C2C3=CCC4C(=O)N(C(=O)OC)C(=O)C4C3CC3=C2C(=O)C=C(C)C3=O)c1O. The molecule has 0 spiro atoms. The first-order chi connectivity index (χ1) is 17.2. The largest absolute Gasteiger partial charge is 0.504 e. The summed E-state index contributed by atoms with van der Waals surface area (Å²) in [4.78, 5) is 65.6. The molecule has 0 bridgehead atoms. The molecule has 1 aliphatic heterocycles. The van der Waals surface area contributed by atoms with E-state index in [9.17, 15) is 29.1 Å². The maximum absolute atomic E-state index is 13.4. The van der Waals surface area contributed by atoms with Crippen molar-refractivity contribution >= 4 is 29.5 Å². The Labute approximate surface area is 207 Å². The molecule has 4 atom stereocenters. The number of phenols is 1. The lowest BCUT2D eigenvalue weighted by Crippen LogP contribution is -2.40. The minimum Gasteiger partial charge on any atom is -0.504 e. The molecule has 1 N–H and O–H groups in total. The molecule has 0 saturated carbocycles. The summed E-state index contributed by atoms with van der Waals surface area (Å²) >= 11 is 0. The van der Waals surface area contributed by atoms with Gasteiger partial charge in [0.1, 0.15) is 0 Å². The van der Waals surface area contributed by atoms with Crippen molar-refractivity contribution in [3.63, 3.8) is 0 Å². The summed E-state index contributed by atoms with van der Waals surface area (Å²) in [5, 5.41) is 11.1. The number of allylic oxidation sites excluding steroid dienone is 6. The van der Waals surface area contributed by atoms with Crippen LogP contribution in [0.3, 0.4) is 0 Å². The van der Waals surface area contributed by atoms with Gasteiger partial charge in [0.05, 0.1) is 25.6 Å². The number of amides is 3. The topological polar surface area (TPSA) is 127 Å². The zero-order valence-electron chi connectivity index (χ0n) is 20.1. The number of ketones is 2. The number of methoxy groups -OCH3 is 1. The van der Waals surface area contributed by atoms with Gasteiger partial charge in [-0.1, -0.05) is 23.8 Å². The number of likely N-dealkylation sites (tertiary alicyclic amines) is 1. The van der Waals surface area contributed by atoms with Crippen LogP contribution in [0.1, 0.15) is 38.2 Å². The number of carbonyl (C=O) groups excluding carboxylic acids is 5. The number of phenolic OH excluding ortho intramolecular Hbond substituents is 1. The lowest BCUT2D eigenvalue weighted by molar-refractivity contribution is -0.137. The molecule has 0 aromatic heterocycles. The molecular formula is C27H25NO8. The van der Waals surface area contributed by atoms with E-state index >= 15 is 0 Å². The summed E-state index contributed by atoms with van der Waals surface area (Å²) in [6.45, 7) is 3.65. The van der Waals surface area contributed by atoms with E-state index in [1.165, 1.54) is 6.08 Å². The van der Waals surface area contributed by atoms with Crippen LogP contribution in [0.25, 0.3) is 0 Å². The summed E-state index contributed by atoms with van der Waals surface area (Å²) < 4.78 is 10.2. The second-order valence-electron chi connectivity index (χ2n) is 9.34. The molecule has 1 aromatic carbocycles. The Kier molecular flexibility index (Phi) is 5.65. The van der Waals surface area contributed by atoms with E-state index in [0.29, 0.717) is 22.6 Å². The van der Waals surface area contributed by atoms with E-state index in [1.54, 1.807) is 32.0 Å². The van der Waals surface area contributed by atoms with E-state index in [2.05, 4.69) is 4.74 Å². The number of hydrogen-bond acceptors (Lipinski definition) is 8. The number of rotatable bonds is 3. The molecular weight excluding hydrogens is 466 g/mol. The van der Waals surface area contributed by atoms with Crippen molar-refractivity contribution in [2.45, 2.75) is 32.6 Å². The van der Waals surface area contributed by atoms with Crippen molar-refractivity contribution < 1.29 is 38.6 Å². The molecule has 4 aliphatic rings. The van der Waals surface area contributed by atoms with Crippen LogP contribution < -0.4 is 4.74 Å². The summed E-state index contributed by atoms with van der Waals surface area (Å²) in [6.07, 6.45) is 2.32. The number of benzene rings is 1. The maximum atomic E-state index is 13.4. The van der Waals surface area contributed by atoms with Crippen LogP contribution in [0.2, 0.25) is 0 Å². The van der Waals surface area contributed by atoms with E-state index < -0.39 is 41.6 Å². The van der Waals surface area contributed by atoms with Gasteiger partial charge in [0.2, 0.25) is 11.8 Å². The van der Waals surface area contributed by atoms with Gasteiger partial charge >= 0.3 is 6.09 Å². The second kappa shape index (κ2) is 8.58. The summed E-state index contributed by atoms with van der Waals surface area (Å²) in [6, 6.07) is 4.96. The van der Waals surface area contributed by atoms with Gasteiger partial charge < -0.3 is 14.6 Å². The van der Waals surface area contributed by atoms with Gasteiger partial charge in [0, 0.05) is 28.2 Å². The number of ether oxygens (including phenoxy) is 2. The Bertz CT molecular complexity index is 1330. The van der Waals surface area contributed by atoms with Gasteiger partial charge in [-0.2, -0.15) is 4.90 Å². The van der Waals surface area contributed by atoms with Crippen molar-refractivity contribution in [1.82, 2.24) is 4.90 Å². The van der Waals surface area contributed by atoms with Gasteiger partial charge in [0.15, 0.2) is 23.1 Å². The van der Waals surface area contributed by atoms with E-state index in [1.807, 2.05) is 6.08 Å². The molecule has 186 valence electrons. The highest BCUT2D eigenvalue weighted by Crippen LogP contribution is 2.56. The Morgan fingerprint density at radius 3 is 2.58 bits per heavy atom. The first-order valence-corrected chi connectivity index (χ1v) is 11.8. The number of carbonyl (C=O) groups is 5. The van der Waals surface area contributed by atoms with Gasteiger partial charge in [-0.05, 0) is 44.7 Å². The van der Waals surface area contributed by atoms with Crippen LogP contribution in [0.5, 0.6) is 11.5 Å². The van der Waals surface area contributed by atoms with Gasteiger partial charge in [-0.25, -0.2) is 4.79 Å². The van der Waals surface area contributed by atoms with Crippen LogP contribution >= 0.6 is 0 Å². The summed E-state index contributed by atoms with van der Waals surface area (Å²) in [5.41, 5.74) is 1.86. The molecule has 36 heavy (non-hydrogen) atoms. The number of imide groups is 3. The molecule has 5 rings (SSSR count). The molecule has 0 radical (unpaired) electrons. The molecule has 3 amide bonds. The molecule has 1 heterocycles. The fourth-order valence-corrected chi connectivity index (χ4v) is 6.05. The van der Waals surface area contributed by atoms with Crippen molar-refractivity contribution in [2.24, 2.45) is 17.8 Å². The highest BCUT2D eigenvalue weighted by Gasteiger charge is 2.58. The van der Waals surface area contributed by atoms with Gasteiger partial charge in [-0.15, -0.1) is 0 Å². The minimum atomic E-state index is -1.04. The summed E-state index contributed by atoms with van der Waals surface area (Å²) in [7, 11) is 1.10. The van der Waals surface area contributed by atoms with E-state index in [4.69, 9.17) is 4.74 Å². The molecule has 1 aromatic rings. The van der Waals surface area contributed by atoms with Gasteiger partial charge in [0.25, 0.3) is 0 Å². The standard InChI is InChI=1S/C27H25NO8/c1-4-36-19-7-5-6-14(24(19)31)20-13-8-9-15-21(26(33)28(25(15)32)27(34)35-3)16(13)11-17-22(20)18(29)10-12(2)23(17)30/h5-8,10,15-16,20-21,31H,4,9,11H2,1-3H3. The lowest BCUT2D eigenvalue weighted by atomic mass is 9.59. The minimum absolute atomic E-state index is 0.0779. The van der Waals surface area contributed by atoms with Crippen LogP contribution in [0.15, 0.2) is 52.6 Å². The maximum Gasteiger partial charge on any atom is 0.423 e. The van der Waals surface area contributed by atoms with E-state index in [0.717, 1.165) is 7.11 Å². The first-order valence-electron chi connectivity index (χ1n) is 11.8.